The molecule has 7 nitrogen and oxygen atoms in total. The second kappa shape index (κ2) is 8.85. The van der Waals surface area contributed by atoms with E-state index in [1.54, 1.807) is 32.3 Å². The SMILES string of the molecule is Cc1cc([C@H]2CC(c3nc(-c4ccc(Cl)cc4F)c4nc(C)n(C)c(=O)c4n3)CCO2)ccn1. The summed E-state index contributed by atoms with van der Waals surface area (Å²) < 4.78 is 22.4. The van der Waals surface area contributed by atoms with E-state index in [0.717, 1.165) is 11.3 Å². The minimum atomic E-state index is -0.532. The van der Waals surface area contributed by atoms with Crippen molar-refractivity contribution in [3.63, 3.8) is 0 Å². The monoisotopic (exact) mass is 479 g/mol. The maximum absolute atomic E-state index is 15.0. The molecule has 1 fully saturated rings. The van der Waals surface area contributed by atoms with Gasteiger partial charge in [-0.3, -0.25) is 14.3 Å². The van der Waals surface area contributed by atoms with Gasteiger partial charge in [0.15, 0.2) is 5.52 Å². The average Bonchev–Trinajstić information content (AvgIpc) is 2.82. The van der Waals surface area contributed by atoms with Gasteiger partial charge in [-0.1, -0.05) is 11.6 Å². The van der Waals surface area contributed by atoms with Crippen LogP contribution in [-0.2, 0) is 11.8 Å². The van der Waals surface area contributed by atoms with Gasteiger partial charge in [-0.25, -0.2) is 19.3 Å². The second-order valence-corrected chi connectivity index (χ2v) is 9.02. The van der Waals surface area contributed by atoms with Gasteiger partial charge in [-0.2, -0.15) is 0 Å². The average molecular weight is 480 g/mol. The highest BCUT2D eigenvalue weighted by atomic mass is 35.5. The van der Waals surface area contributed by atoms with E-state index in [2.05, 4.69) is 15.0 Å². The summed E-state index contributed by atoms with van der Waals surface area (Å²) in [7, 11) is 1.64. The fraction of sp³-hybridized carbons (Fsp3) is 0.320. The summed E-state index contributed by atoms with van der Waals surface area (Å²) in [6.45, 7) is 4.18. The van der Waals surface area contributed by atoms with Gasteiger partial charge in [0.1, 0.15) is 28.7 Å². The molecule has 0 aliphatic carbocycles. The number of benzene rings is 1. The van der Waals surface area contributed by atoms with Crippen molar-refractivity contribution in [2.45, 2.75) is 38.7 Å². The smallest absolute Gasteiger partial charge is 0.279 e. The fourth-order valence-corrected chi connectivity index (χ4v) is 4.51. The zero-order valence-electron chi connectivity index (χ0n) is 19.0. The largest absolute Gasteiger partial charge is 0.373 e. The van der Waals surface area contributed by atoms with Crippen LogP contribution in [0.15, 0.2) is 41.3 Å². The molecule has 1 saturated heterocycles. The first-order chi connectivity index (χ1) is 16.3. The van der Waals surface area contributed by atoms with Crippen molar-refractivity contribution in [1.82, 2.24) is 24.5 Å². The van der Waals surface area contributed by atoms with Crippen molar-refractivity contribution in [3.05, 3.63) is 80.6 Å². The lowest BCUT2D eigenvalue weighted by molar-refractivity contribution is 0.00394. The molecule has 0 radical (unpaired) electrons. The van der Waals surface area contributed by atoms with Crippen molar-refractivity contribution in [2.24, 2.45) is 7.05 Å². The molecular formula is C25H23ClFN5O2. The zero-order valence-corrected chi connectivity index (χ0v) is 19.8. The van der Waals surface area contributed by atoms with Crippen LogP contribution in [0, 0.1) is 19.7 Å². The van der Waals surface area contributed by atoms with E-state index >= 15 is 0 Å². The molecule has 1 aromatic carbocycles. The summed E-state index contributed by atoms with van der Waals surface area (Å²) in [5.41, 5.74) is 2.62. The molecular weight excluding hydrogens is 457 g/mol. The van der Waals surface area contributed by atoms with Gasteiger partial charge < -0.3 is 4.74 Å². The number of ether oxygens (including phenoxy) is 1. The molecule has 1 aliphatic rings. The third-order valence-electron chi connectivity index (χ3n) is 6.30. The number of rotatable bonds is 3. The second-order valence-electron chi connectivity index (χ2n) is 8.59. The summed E-state index contributed by atoms with van der Waals surface area (Å²) in [6.07, 6.45) is 2.95. The normalized spacial score (nSPS) is 18.4. The Kier molecular flexibility index (Phi) is 5.87. The van der Waals surface area contributed by atoms with Crippen LogP contribution in [0.4, 0.5) is 4.39 Å². The molecule has 3 aromatic heterocycles. The van der Waals surface area contributed by atoms with Crippen LogP contribution < -0.4 is 5.56 Å². The van der Waals surface area contributed by atoms with E-state index in [1.807, 2.05) is 19.1 Å². The summed E-state index contributed by atoms with van der Waals surface area (Å²) >= 11 is 5.97. The van der Waals surface area contributed by atoms with E-state index < -0.39 is 5.82 Å². The lowest BCUT2D eigenvalue weighted by Crippen LogP contribution is -2.25. The Bertz CT molecular complexity index is 1470. The van der Waals surface area contributed by atoms with Gasteiger partial charge in [-0.05, 0) is 62.6 Å². The van der Waals surface area contributed by atoms with Crippen LogP contribution in [0.2, 0.25) is 5.02 Å². The number of fused-ring (bicyclic) bond motifs is 1. The summed E-state index contributed by atoms with van der Waals surface area (Å²) in [4.78, 5) is 31.3. The molecule has 1 aliphatic heterocycles. The van der Waals surface area contributed by atoms with E-state index in [-0.39, 0.29) is 44.9 Å². The number of hydrogen-bond acceptors (Lipinski definition) is 6. The number of aryl methyl sites for hydroxylation is 2. The molecule has 5 rings (SSSR count). The number of aromatic nitrogens is 5. The van der Waals surface area contributed by atoms with Crippen molar-refractivity contribution in [3.8, 4) is 11.3 Å². The third-order valence-corrected chi connectivity index (χ3v) is 6.53. The van der Waals surface area contributed by atoms with Crippen LogP contribution in [0.25, 0.3) is 22.3 Å². The van der Waals surface area contributed by atoms with Crippen molar-refractivity contribution in [2.75, 3.05) is 6.61 Å². The summed E-state index contributed by atoms with van der Waals surface area (Å²) in [6, 6.07) is 8.33. The lowest BCUT2D eigenvalue weighted by Gasteiger charge is -2.29. The Hall–Kier alpha value is -3.23. The van der Waals surface area contributed by atoms with Gasteiger partial charge >= 0.3 is 0 Å². The molecule has 0 bridgehead atoms. The highest BCUT2D eigenvalue weighted by molar-refractivity contribution is 6.30. The Morgan fingerprint density at radius 1 is 1.12 bits per heavy atom. The molecule has 0 N–H and O–H groups in total. The molecule has 34 heavy (non-hydrogen) atoms. The van der Waals surface area contributed by atoms with Crippen molar-refractivity contribution in [1.29, 1.82) is 0 Å². The zero-order chi connectivity index (χ0) is 24.0. The topological polar surface area (TPSA) is 82.8 Å². The summed E-state index contributed by atoms with van der Waals surface area (Å²) in [5.74, 6) is 0.370. The molecule has 9 heteroatoms. The minimum Gasteiger partial charge on any atom is -0.373 e. The Labute approximate surface area is 200 Å². The number of pyridine rings is 1. The highest BCUT2D eigenvalue weighted by Crippen LogP contribution is 2.38. The first kappa shape index (κ1) is 22.6. The van der Waals surface area contributed by atoms with Gasteiger partial charge in [0.2, 0.25) is 0 Å². The molecule has 174 valence electrons. The van der Waals surface area contributed by atoms with E-state index in [4.69, 9.17) is 21.3 Å². The maximum atomic E-state index is 15.0. The Morgan fingerprint density at radius 3 is 2.71 bits per heavy atom. The lowest BCUT2D eigenvalue weighted by atomic mass is 9.91. The number of hydrogen-bond donors (Lipinski definition) is 0. The van der Waals surface area contributed by atoms with Crippen molar-refractivity contribution < 1.29 is 9.13 Å². The van der Waals surface area contributed by atoms with Crippen LogP contribution >= 0.6 is 11.6 Å². The first-order valence-electron chi connectivity index (χ1n) is 11.1. The van der Waals surface area contributed by atoms with Crippen molar-refractivity contribution >= 4 is 22.6 Å². The van der Waals surface area contributed by atoms with Crippen LogP contribution in [0.5, 0.6) is 0 Å². The van der Waals surface area contributed by atoms with Crippen LogP contribution in [0.1, 0.15) is 47.8 Å². The van der Waals surface area contributed by atoms with Crippen LogP contribution in [0.3, 0.4) is 0 Å². The molecule has 0 amide bonds. The highest BCUT2D eigenvalue weighted by Gasteiger charge is 2.29. The van der Waals surface area contributed by atoms with E-state index in [0.29, 0.717) is 31.1 Å². The molecule has 4 heterocycles. The van der Waals surface area contributed by atoms with E-state index in [1.165, 1.54) is 10.6 Å². The Balaban J connectivity index is 1.66. The fourth-order valence-electron chi connectivity index (χ4n) is 4.35. The maximum Gasteiger partial charge on any atom is 0.279 e. The van der Waals surface area contributed by atoms with Gasteiger partial charge in [0.25, 0.3) is 5.56 Å². The summed E-state index contributed by atoms with van der Waals surface area (Å²) in [5, 5.41) is 0.278. The van der Waals surface area contributed by atoms with Gasteiger partial charge in [-0.15, -0.1) is 0 Å². The quantitative estimate of drug-likeness (QED) is 0.418. The number of halogens is 2. The minimum absolute atomic E-state index is 0.0725. The predicted molar refractivity (Wildman–Crippen MR) is 127 cm³/mol. The molecule has 1 unspecified atom stereocenters. The molecule has 4 aromatic rings. The molecule has 2 atom stereocenters. The Morgan fingerprint density at radius 2 is 1.94 bits per heavy atom. The van der Waals surface area contributed by atoms with Gasteiger partial charge in [0, 0.05) is 42.0 Å². The van der Waals surface area contributed by atoms with Gasteiger partial charge in [0.05, 0.1) is 6.10 Å². The molecule has 0 spiro atoms. The van der Waals surface area contributed by atoms with E-state index in [9.17, 15) is 9.18 Å². The molecule has 0 saturated carbocycles. The first-order valence-corrected chi connectivity index (χ1v) is 11.4. The standard InChI is InChI=1S/C25H23ClFN5O2/c1-13-10-15(6-8-28-13)20-11-16(7-9-34-20)24-30-21(18-5-4-17(26)12-19(18)27)22-23(31-24)25(33)32(3)14(2)29-22/h4-6,8,10,12,16,20H,7,9,11H2,1-3H3/t16?,20-/m1/s1. The number of nitrogens with zero attached hydrogens (tertiary/aromatic N) is 5. The predicted octanol–water partition coefficient (Wildman–Crippen LogP) is 4.83. The van der Waals surface area contributed by atoms with Crippen LogP contribution in [-0.4, -0.2) is 31.1 Å². The third kappa shape index (κ3) is 4.08.